The van der Waals surface area contributed by atoms with Crippen molar-refractivity contribution in [2.75, 3.05) is 14.2 Å². The first-order valence-corrected chi connectivity index (χ1v) is 6.96. The molecule has 0 aliphatic carbocycles. The quantitative estimate of drug-likeness (QED) is 0.942. The van der Waals surface area contributed by atoms with Gasteiger partial charge in [-0.2, -0.15) is 0 Å². The molecule has 1 N–H and O–H groups in total. The minimum absolute atomic E-state index is 0.186. The molecule has 22 heavy (non-hydrogen) atoms. The van der Waals surface area contributed by atoms with Crippen LogP contribution in [0, 0.1) is 6.92 Å². The second kappa shape index (κ2) is 5.85. The molecule has 0 bridgehead atoms. The topological polar surface area (TPSA) is 60.7 Å². The maximum atomic E-state index is 12.1. The average molecular weight is 303 g/mol. The Hall–Kier alpha value is -2.27. The lowest BCUT2D eigenvalue weighted by molar-refractivity contribution is 0.0769. The highest BCUT2D eigenvalue weighted by atomic mass is 16.5. The number of aromatic nitrogens is 1. The second-order valence-electron chi connectivity index (χ2n) is 5.66. The zero-order chi connectivity index (χ0) is 16.5. The van der Waals surface area contributed by atoms with E-state index in [1.54, 1.807) is 40.3 Å². The largest absolute Gasteiger partial charge is 0.497 e. The van der Waals surface area contributed by atoms with Gasteiger partial charge in [0.05, 0.1) is 25.5 Å². The van der Waals surface area contributed by atoms with Crippen molar-refractivity contribution in [3.63, 3.8) is 0 Å². The molecule has 0 spiro atoms. The monoisotopic (exact) mass is 303 g/mol. The zero-order valence-corrected chi connectivity index (χ0v) is 13.5. The Labute approximate surface area is 129 Å². The summed E-state index contributed by atoms with van der Waals surface area (Å²) in [5.74, 6) is 1.30. The Bertz CT molecular complexity index is 741. The van der Waals surface area contributed by atoms with Crippen LogP contribution in [0.15, 0.2) is 35.3 Å². The first kappa shape index (κ1) is 16.1. The molecule has 0 amide bonds. The Morgan fingerprint density at radius 2 is 1.82 bits per heavy atom. The summed E-state index contributed by atoms with van der Waals surface area (Å²) in [4.78, 5) is 12.1. The van der Waals surface area contributed by atoms with E-state index in [0.29, 0.717) is 17.1 Å². The van der Waals surface area contributed by atoms with Gasteiger partial charge in [0.2, 0.25) is 0 Å². The van der Waals surface area contributed by atoms with Crippen LogP contribution in [0.1, 0.15) is 25.1 Å². The summed E-state index contributed by atoms with van der Waals surface area (Å²) in [6, 6.07) is 6.95. The molecular weight excluding hydrogens is 282 g/mol. The van der Waals surface area contributed by atoms with Crippen LogP contribution in [0.2, 0.25) is 0 Å². The van der Waals surface area contributed by atoms with Crippen molar-refractivity contribution in [2.24, 2.45) is 0 Å². The molecule has 0 atom stereocenters. The molecule has 0 unspecified atom stereocenters. The van der Waals surface area contributed by atoms with Gasteiger partial charge < -0.3 is 19.1 Å². The molecule has 0 aliphatic heterocycles. The van der Waals surface area contributed by atoms with Crippen LogP contribution < -0.4 is 14.9 Å². The van der Waals surface area contributed by atoms with E-state index in [1.807, 2.05) is 23.6 Å². The lowest BCUT2D eigenvalue weighted by Gasteiger charge is -2.21. The third kappa shape index (κ3) is 2.99. The van der Waals surface area contributed by atoms with Crippen molar-refractivity contribution < 1.29 is 14.6 Å². The molecule has 2 rings (SSSR count). The zero-order valence-electron chi connectivity index (χ0n) is 13.5. The highest BCUT2D eigenvalue weighted by Crippen LogP contribution is 2.29. The minimum atomic E-state index is -1.22. The summed E-state index contributed by atoms with van der Waals surface area (Å²) in [6.07, 6.45) is 1.65. The van der Waals surface area contributed by atoms with Crippen LogP contribution in [0.4, 0.5) is 0 Å². The van der Waals surface area contributed by atoms with Crippen molar-refractivity contribution in [3.8, 4) is 17.2 Å². The maximum Gasteiger partial charge on any atom is 0.187 e. The van der Waals surface area contributed by atoms with Crippen molar-refractivity contribution in [1.29, 1.82) is 0 Å². The molecule has 0 aliphatic rings. The number of hydrogen-bond donors (Lipinski definition) is 1. The average Bonchev–Trinajstić information content (AvgIpc) is 2.45. The predicted octanol–water partition coefficient (Wildman–Crippen LogP) is 2.39. The van der Waals surface area contributed by atoms with E-state index >= 15 is 0 Å². The summed E-state index contributed by atoms with van der Waals surface area (Å²) in [5.41, 5.74) is 0.448. The summed E-state index contributed by atoms with van der Waals surface area (Å²) in [5, 5.41) is 10.2. The van der Waals surface area contributed by atoms with Gasteiger partial charge in [-0.1, -0.05) is 0 Å². The fourth-order valence-corrected chi connectivity index (χ4v) is 2.33. The van der Waals surface area contributed by atoms with Crippen LogP contribution in [-0.4, -0.2) is 23.9 Å². The molecule has 5 nitrogen and oxygen atoms in total. The van der Waals surface area contributed by atoms with E-state index in [2.05, 4.69) is 0 Å². The van der Waals surface area contributed by atoms with Gasteiger partial charge in [0.1, 0.15) is 11.5 Å². The first-order valence-electron chi connectivity index (χ1n) is 6.96. The molecule has 0 radical (unpaired) electrons. The Morgan fingerprint density at radius 3 is 2.36 bits per heavy atom. The number of aryl methyl sites for hydroxylation is 1. The van der Waals surface area contributed by atoms with Gasteiger partial charge in [0, 0.05) is 29.6 Å². The molecule has 1 aromatic heterocycles. The first-order chi connectivity index (χ1) is 10.3. The summed E-state index contributed by atoms with van der Waals surface area (Å²) in [6.45, 7) is 5.02. The van der Waals surface area contributed by atoms with Gasteiger partial charge in [-0.05, 0) is 32.9 Å². The molecule has 1 aromatic carbocycles. The Kier molecular flexibility index (Phi) is 4.28. The van der Waals surface area contributed by atoms with Crippen LogP contribution in [0.25, 0.3) is 5.69 Å². The fraction of sp³-hybridized carbons (Fsp3) is 0.353. The van der Waals surface area contributed by atoms with Gasteiger partial charge in [-0.3, -0.25) is 4.79 Å². The smallest absolute Gasteiger partial charge is 0.187 e. The van der Waals surface area contributed by atoms with E-state index in [0.717, 1.165) is 11.4 Å². The number of benzene rings is 1. The molecule has 0 saturated heterocycles. The summed E-state index contributed by atoms with van der Waals surface area (Å²) in [7, 11) is 3.17. The molecule has 118 valence electrons. The van der Waals surface area contributed by atoms with Crippen molar-refractivity contribution in [3.05, 3.63) is 51.9 Å². The van der Waals surface area contributed by atoms with Gasteiger partial charge in [-0.15, -0.1) is 0 Å². The third-order valence-electron chi connectivity index (χ3n) is 3.55. The van der Waals surface area contributed by atoms with Crippen LogP contribution >= 0.6 is 0 Å². The number of aliphatic hydroxyl groups is 1. The number of methoxy groups -OCH3 is 2. The number of ether oxygens (including phenoxy) is 2. The number of rotatable bonds is 4. The third-order valence-corrected chi connectivity index (χ3v) is 3.55. The second-order valence-corrected chi connectivity index (χ2v) is 5.66. The van der Waals surface area contributed by atoms with E-state index in [4.69, 9.17) is 9.47 Å². The number of pyridine rings is 1. The number of hydrogen-bond acceptors (Lipinski definition) is 4. The van der Waals surface area contributed by atoms with E-state index in [9.17, 15) is 9.90 Å². The highest BCUT2D eigenvalue weighted by molar-refractivity contribution is 5.52. The van der Waals surface area contributed by atoms with Gasteiger partial charge in [0.15, 0.2) is 5.43 Å². The summed E-state index contributed by atoms with van der Waals surface area (Å²) >= 11 is 0. The Balaban J connectivity index is 2.70. The van der Waals surface area contributed by atoms with Crippen molar-refractivity contribution in [2.45, 2.75) is 26.4 Å². The van der Waals surface area contributed by atoms with Crippen LogP contribution in [-0.2, 0) is 5.60 Å². The molecule has 1 heterocycles. The maximum absolute atomic E-state index is 12.1. The van der Waals surface area contributed by atoms with Gasteiger partial charge in [-0.25, -0.2) is 0 Å². The van der Waals surface area contributed by atoms with Crippen molar-refractivity contribution in [1.82, 2.24) is 4.57 Å². The highest BCUT2D eigenvalue weighted by Gasteiger charge is 2.21. The number of nitrogens with zero attached hydrogens (tertiary/aromatic N) is 1. The Morgan fingerprint density at radius 1 is 1.14 bits per heavy atom. The van der Waals surface area contributed by atoms with Gasteiger partial charge in [0.25, 0.3) is 0 Å². The van der Waals surface area contributed by atoms with Gasteiger partial charge >= 0.3 is 0 Å². The summed E-state index contributed by atoms with van der Waals surface area (Å²) < 4.78 is 12.4. The fourth-order valence-electron chi connectivity index (χ4n) is 2.33. The van der Waals surface area contributed by atoms with E-state index in [1.165, 1.54) is 6.07 Å². The lowest BCUT2D eigenvalue weighted by atomic mass is 9.99. The molecule has 5 heteroatoms. The van der Waals surface area contributed by atoms with E-state index < -0.39 is 5.60 Å². The minimum Gasteiger partial charge on any atom is -0.497 e. The van der Waals surface area contributed by atoms with Crippen LogP contribution in [0.5, 0.6) is 11.5 Å². The molecule has 0 saturated carbocycles. The molecule has 0 fully saturated rings. The SMILES string of the molecule is COc1ccc(-n2cc(C(C)(C)O)c(=O)cc2C)c(OC)c1. The standard InChI is InChI=1S/C17H21NO4/c1-11-8-15(19)13(17(2,3)20)10-18(11)14-7-6-12(21-4)9-16(14)22-5/h6-10,20H,1-5H3. The molecule has 2 aromatic rings. The lowest BCUT2D eigenvalue weighted by Crippen LogP contribution is -2.27. The predicted molar refractivity (Wildman–Crippen MR) is 85.1 cm³/mol. The molecular formula is C17H21NO4. The van der Waals surface area contributed by atoms with E-state index in [-0.39, 0.29) is 5.43 Å². The van der Waals surface area contributed by atoms with Crippen molar-refractivity contribution >= 4 is 0 Å². The van der Waals surface area contributed by atoms with Crippen LogP contribution in [0.3, 0.4) is 0 Å². The normalized spacial score (nSPS) is 11.4.